The molecule has 1 saturated heterocycles. The minimum Gasteiger partial charge on any atom is -0.396 e. The average Bonchev–Trinajstić information content (AvgIpc) is 2.64. The molecule has 1 aliphatic rings. The molecule has 23 heavy (non-hydrogen) atoms. The lowest BCUT2D eigenvalue weighted by Crippen LogP contribution is -2.35. The van der Waals surface area contributed by atoms with Gasteiger partial charge in [-0.2, -0.15) is 0 Å². The Balaban J connectivity index is 2.01. The van der Waals surface area contributed by atoms with Crippen LogP contribution in [0.25, 0.3) is 0 Å². The third kappa shape index (κ3) is 3.47. The van der Waals surface area contributed by atoms with Gasteiger partial charge in [0, 0.05) is 5.92 Å². The van der Waals surface area contributed by atoms with Crippen molar-refractivity contribution in [3.63, 3.8) is 0 Å². The van der Waals surface area contributed by atoms with Gasteiger partial charge in [0.1, 0.15) is 0 Å². The summed E-state index contributed by atoms with van der Waals surface area (Å²) in [7, 11) is 0. The van der Waals surface area contributed by atoms with E-state index in [4.69, 9.17) is 0 Å². The van der Waals surface area contributed by atoms with Crippen LogP contribution < -0.4 is 0 Å². The molecule has 1 nitrogen and oxygen atoms in total. The van der Waals surface area contributed by atoms with Crippen molar-refractivity contribution >= 4 is 23.5 Å². The van der Waals surface area contributed by atoms with E-state index >= 15 is 0 Å². The van der Waals surface area contributed by atoms with Gasteiger partial charge in [0.05, 0.1) is 10.7 Å². The Kier molecular flexibility index (Phi) is 5.73. The second-order valence-corrected chi connectivity index (χ2v) is 8.87. The summed E-state index contributed by atoms with van der Waals surface area (Å²) in [6.45, 7) is 2.46. The summed E-state index contributed by atoms with van der Waals surface area (Å²) in [6.07, 6.45) is 1.24. The van der Waals surface area contributed by atoms with E-state index < -0.39 is 0 Å². The highest BCUT2D eigenvalue weighted by atomic mass is 32.2. The third-order valence-electron chi connectivity index (χ3n) is 4.66. The van der Waals surface area contributed by atoms with E-state index in [0.29, 0.717) is 0 Å². The number of benzene rings is 2. The Morgan fingerprint density at radius 1 is 1.00 bits per heavy atom. The zero-order valence-electron chi connectivity index (χ0n) is 13.5. The number of thioether (sulfide) groups is 2. The van der Waals surface area contributed by atoms with Gasteiger partial charge in [0.2, 0.25) is 0 Å². The molecule has 0 saturated carbocycles. The quantitative estimate of drug-likeness (QED) is 0.813. The highest BCUT2D eigenvalue weighted by molar-refractivity contribution is 8.18. The summed E-state index contributed by atoms with van der Waals surface area (Å²) < 4.78 is -0.0942. The molecule has 3 rings (SSSR count). The van der Waals surface area contributed by atoms with Crippen molar-refractivity contribution in [3.05, 3.63) is 71.8 Å². The molecule has 2 aromatic rings. The summed E-state index contributed by atoms with van der Waals surface area (Å²) in [4.78, 5) is 0. The van der Waals surface area contributed by atoms with E-state index in [1.807, 2.05) is 29.6 Å². The predicted molar refractivity (Wildman–Crippen MR) is 103 cm³/mol. The molecule has 0 spiro atoms. The van der Waals surface area contributed by atoms with Gasteiger partial charge < -0.3 is 5.11 Å². The molecule has 1 fully saturated rings. The Bertz CT molecular complexity index is 592. The standard InChI is InChI=1S/C20H24OS2/c1-2-16-14-22-20(23-15-16,18-11-7-4-8-12-18)19(13-21)17-9-5-3-6-10-17/h3-12,16,19,21H,2,13-15H2,1H3. The number of aliphatic hydroxyl groups excluding tert-OH is 1. The largest absolute Gasteiger partial charge is 0.396 e. The molecule has 1 N–H and O–H groups in total. The van der Waals surface area contributed by atoms with Crippen LogP contribution in [0.5, 0.6) is 0 Å². The topological polar surface area (TPSA) is 20.2 Å². The minimum absolute atomic E-state index is 0.0942. The first kappa shape index (κ1) is 16.9. The maximum atomic E-state index is 10.3. The van der Waals surface area contributed by atoms with Crippen LogP contribution in [0.3, 0.4) is 0 Å². The summed E-state index contributed by atoms with van der Waals surface area (Å²) in [6, 6.07) is 21.2. The van der Waals surface area contributed by atoms with Crippen molar-refractivity contribution in [2.24, 2.45) is 5.92 Å². The van der Waals surface area contributed by atoms with Crippen LogP contribution in [-0.4, -0.2) is 23.2 Å². The fourth-order valence-corrected chi connectivity index (χ4v) is 7.17. The van der Waals surface area contributed by atoms with E-state index in [1.165, 1.54) is 29.1 Å². The maximum absolute atomic E-state index is 10.3. The van der Waals surface area contributed by atoms with Crippen molar-refractivity contribution in [1.82, 2.24) is 0 Å². The molecule has 0 amide bonds. The Morgan fingerprint density at radius 3 is 2.09 bits per heavy atom. The summed E-state index contributed by atoms with van der Waals surface area (Å²) in [5.41, 5.74) is 2.56. The second-order valence-electron chi connectivity index (χ2n) is 6.08. The molecule has 1 unspecified atom stereocenters. The normalized spacial score (nSPS) is 25.9. The first-order valence-electron chi connectivity index (χ1n) is 8.29. The van der Waals surface area contributed by atoms with Crippen LogP contribution in [0.2, 0.25) is 0 Å². The van der Waals surface area contributed by atoms with Crippen LogP contribution in [-0.2, 0) is 4.08 Å². The van der Waals surface area contributed by atoms with Gasteiger partial charge in [-0.15, -0.1) is 23.5 Å². The Labute approximate surface area is 147 Å². The Morgan fingerprint density at radius 2 is 1.57 bits per heavy atom. The Hall–Kier alpha value is -0.900. The fraction of sp³-hybridized carbons (Fsp3) is 0.400. The molecule has 0 bridgehead atoms. The lowest BCUT2D eigenvalue weighted by atomic mass is 9.91. The van der Waals surface area contributed by atoms with Crippen molar-refractivity contribution < 1.29 is 5.11 Å². The molecule has 3 heteroatoms. The van der Waals surface area contributed by atoms with Crippen molar-refractivity contribution in [2.45, 2.75) is 23.3 Å². The highest BCUT2D eigenvalue weighted by Gasteiger charge is 2.45. The summed E-state index contributed by atoms with van der Waals surface area (Å²) in [5, 5.41) is 10.3. The second kappa shape index (κ2) is 7.78. The van der Waals surface area contributed by atoms with E-state index in [0.717, 1.165) is 5.92 Å². The predicted octanol–water partition coefficient (Wildman–Crippen LogP) is 5.12. The van der Waals surface area contributed by atoms with Gasteiger partial charge in [-0.3, -0.25) is 0 Å². The molecular formula is C20H24OS2. The number of rotatable bonds is 5. The number of hydrogen-bond acceptors (Lipinski definition) is 3. The zero-order chi connectivity index (χ0) is 16.1. The highest BCUT2D eigenvalue weighted by Crippen LogP contribution is 2.59. The average molecular weight is 345 g/mol. The van der Waals surface area contributed by atoms with Crippen LogP contribution in [0.4, 0.5) is 0 Å². The van der Waals surface area contributed by atoms with Crippen LogP contribution in [0.15, 0.2) is 60.7 Å². The van der Waals surface area contributed by atoms with E-state index in [-0.39, 0.29) is 16.6 Å². The molecule has 0 aliphatic carbocycles. The van der Waals surface area contributed by atoms with Crippen molar-refractivity contribution in [2.75, 3.05) is 18.1 Å². The summed E-state index contributed by atoms with van der Waals surface area (Å²) >= 11 is 4.05. The number of hydrogen-bond donors (Lipinski definition) is 1. The van der Waals surface area contributed by atoms with Crippen LogP contribution in [0, 0.1) is 5.92 Å². The third-order valence-corrected chi connectivity index (χ3v) is 8.55. The molecule has 122 valence electrons. The van der Waals surface area contributed by atoms with Gasteiger partial charge in [0.25, 0.3) is 0 Å². The van der Waals surface area contributed by atoms with Gasteiger partial charge in [0.15, 0.2) is 0 Å². The lowest BCUT2D eigenvalue weighted by Gasteiger charge is -2.44. The van der Waals surface area contributed by atoms with Crippen molar-refractivity contribution in [3.8, 4) is 0 Å². The van der Waals surface area contributed by atoms with E-state index in [9.17, 15) is 5.11 Å². The maximum Gasteiger partial charge on any atom is 0.0950 e. The summed E-state index contributed by atoms with van der Waals surface area (Å²) in [5.74, 6) is 3.22. The van der Waals surface area contributed by atoms with Crippen molar-refractivity contribution in [1.29, 1.82) is 0 Å². The van der Waals surface area contributed by atoms with E-state index in [2.05, 4.69) is 61.5 Å². The minimum atomic E-state index is -0.0942. The van der Waals surface area contributed by atoms with Gasteiger partial charge >= 0.3 is 0 Å². The van der Waals surface area contributed by atoms with Gasteiger partial charge in [-0.25, -0.2) is 0 Å². The monoisotopic (exact) mass is 344 g/mol. The molecule has 2 aromatic carbocycles. The molecule has 1 aliphatic heterocycles. The van der Waals surface area contributed by atoms with Gasteiger partial charge in [-0.05, 0) is 28.6 Å². The first-order valence-corrected chi connectivity index (χ1v) is 10.3. The molecule has 0 aromatic heterocycles. The first-order chi connectivity index (χ1) is 11.3. The van der Waals surface area contributed by atoms with E-state index in [1.54, 1.807) is 0 Å². The SMILES string of the molecule is CCC1CSC(c2ccccc2)(C(CO)c2ccccc2)SC1. The fourth-order valence-electron chi connectivity index (χ4n) is 3.18. The van der Waals surface area contributed by atoms with Gasteiger partial charge in [-0.1, -0.05) is 74.0 Å². The molecular weight excluding hydrogens is 320 g/mol. The molecule has 0 radical (unpaired) electrons. The lowest BCUT2D eigenvalue weighted by molar-refractivity contribution is 0.257. The smallest absolute Gasteiger partial charge is 0.0950 e. The number of aliphatic hydroxyl groups is 1. The zero-order valence-corrected chi connectivity index (χ0v) is 15.2. The molecule has 1 heterocycles. The van der Waals surface area contributed by atoms with Crippen LogP contribution in [0.1, 0.15) is 30.4 Å². The van der Waals surface area contributed by atoms with Crippen LogP contribution >= 0.6 is 23.5 Å². The molecule has 1 atom stereocenters.